The number of rotatable bonds is 3. The summed E-state index contributed by atoms with van der Waals surface area (Å²) in [5.74, 6) is 0. The zero-order chi connectivity index (χ0) is 6.83. The largest absolute Gasteiger partial charge is 1.52 e. The smallest absolute Gasteiger partial charge is 0.396 e. The summed E-state index contributed by atoms with van der Waals surface area (Å²) in [7, 11) is 0. The Morgan fingerprint density at radius 3 is 2.00 bits per heavy atom. The van der Waals surface area contributed by atoms with E-state index in [1.54, 1.807) is 19.5 Å². The maximum absolute atomic E-state index is 8.20. The van der Waals surface area contributed by atoms with Crippen LogP contribution in [0.5, 0.6) is 0 Å². The topological polar surface area (TPSA) is 20.2 Å². The van der Waals surface area contributed by atoms with Crippen molar-refractivity contribution in [1.82, 2.24) is 0 Å². The van der Waals surface area contributed by atoms with Gasteiger partial charge in [0.25, 0.3) is 0 Å². The molecule has 1 N–H and O–H groups in total. The lowest BCUT2D eigenvalue weighted by molar-refractivity contribution is 0.284. The lowest BCUT2D eigenvalue weighted by atomic mass is 10.3. The first-order chi connectivity index (χ1) is 3.91. The highest BCUT2D eigenvalue weighted by Crippen LogP contribution is 1.89. The van der Waals surface area contributed by atoms with Crippen LogP contribution in [0.4, 0.5) is 0 Å². The van der Waals surface area contributed by atoms with E-state index in [4.69, 9.17) is 5.11 Å². The van der Waals surface area contributed by atoms with Gasteiger partial charge in [0.05, 0.1) is 0 Å². The van der Waals surface area contributed by atoms with E-state index in [-0.39, 0.29) is 0 Å². The Bertz CT molecular complexity index is 24.4. The number of unbranched alkanes of at least 4 members (excludes halogenated alkanes) is 2. The quantitative estimate of drug-likeness (QED) is 0.532. The molecule has 0 saturated carbocycles. The summed E-state index contributed by atoms with van der Waals surface area (Å²) in [6.45, 7) is 2.48. The van der Waals surface area contributed by atoms with Crippen molar-refractivity contribution in [3.05, 3.63) is 0 Å². The lowest BCUT2D eigenvalue weighted by Crippen LogP contribution is -1.78. The molecule has 0 aliphatic heterocycles. The molecule has 0 unspecified atom stereocenters. The van der Waals surface area contributed by atoms with Gasteiger partial charge < -0.3 is 5.11 Å². The van der Waals surface area contributed by atoms with Crippen molar-refractivity contribution in [3.63, 3.8) is 0 Å². The van der Waals surface area contributed by atoms with Crippen LogP contribution in [0.2, 0.25) is 0 Å². The van der Waals surface area contributed by atoms with Crippen molar-refractivity contribution in [3.8, 4) is 0 Å². The average Bonchev–Trinajstić information content (AvgIpc) is 1.88. The fourth-order valence-electron chi connectivity index (χ4n) is 0.362. The summed E-state index contributed by atoms with van der Waals surface area (Å²) in [6.07, 6.45) is 3.33. The molecule has 1 nitrogen and oxygen atoms in total. The highest BCUT2D eigenvalue weighted by molar-refractivity contribution is 9.22. The highest BCUT2D eigenvalue weighted by Gasteiger charge is 2.13. The maximum atomic E-state index is 8.20. The zero-order valence-corrected chi connectivity index (χ0v) is 8.36. The van der Waals surface area contributed by atoms with Crippen molar-refractivity contribution in [2.45, 2.75) is 26.2 Å². The minimum atomic E-state index is 0.355. The molecule has 0 saturated heterocycles. The van der Waals surface area contributed by atoms with E-state index in [2.05, 4.69) is 19.8 Å². The second-order valence-electron chi connectivity index (χ2n) is 1.43. The molecule has 0 spiro atoms. The van der Waals surface area contributed by atoms with Gasteiger partial charge in [-0.25, -0.2) is 0 Å². The molecule has 0 fully saturated rings. The van der Waals surface area contributed by atoms with Crippen LogP contribution >= 0.6 is 12.9 Å². The SMILES string of the molecule is CCCCCO.[Mg+2][Br]. The predicted molar refractivity (Wildman–Crippen MR) is 41.3 cm³/mol. The molecule has 8 heavy (non-hydrogen) atoms. The maximum Gasteiger partial charge on any atom is 1.52 e. The molecule has 0 aromatic rings. The summed E-state index contributed by atoms with van der Waals surface area (Å²) in [5, 5.41) is 8.20. The molecule has 0 aliphatic carbocycles. The highest BCUT2D eigenvalue weighted by atomic mass is 79.9. The van der Waals surface area contributed by atoms with Crippen LogP contribution in [0.25, 0.3) is 0 Å². The lowest BCUT2D eigenvalue weighted by Gasteiger charge is -1.85. The van der Waals surface area contributed by atoms with Gasteiger partial charge in [0.15, 0.2) is 0 Å². The summed E-state index contributed by atoms with van der Waals surface area (Å²) in [6, 6.07) is 0. The van der Waals surface area contributed by atoms with Crippen LogP contribution in [0.3, 0.4) is 0 Å². The van der Waals surface area contributed by atoms with Gasteiger partial charge in [-0.1, -0.05) is 19.8 Å². The third kappa shape index (κ3) is 15.7. The van der Waals surface area contributed by atoms with E-state index >= 15 is 0 Å². The molecule has 0 aromatic heterocycles. The molecule has 0 amide bonds. The van der Waals surface area contributed by atoms with Gasteiger partial charge in [-0.2, -0.15) is 0 Å². The molecular weight excluding hydrogens is 180 g/mol. The third-order valence-electron chi connectivity index (χ3n) is 0.762. The summed E-state index contributed by atoms with van der Waals surface area (Å²) in [4.78, 5) is 0. The van der Waals surface area contributed by atoms with E-state index in [1.165, 1.54) is 6.42 Å². The molecule has 45 valence electrons. The molecule has 0 aromatic carbocycles. The Kier molecular flexibility index (Phi) is 23.5. The molecule has 0 aliphatic rings. The number of hydrogen-bond acceptors (Lipinski definition) is 1. The van der Waals surface area contributed by atoms with Gasteiger partial charge in [0.2, 0.25) is 0 Å². The number of halogens is 1. The Morgan fingerprint density at radius 1 is 1.38 bits per heavy atom. The predicted octanol–water partition coefficient (Wildman–Crippen LogP) is 1.63. The summed E-state index contributed by atoms with van der Waals surface area (Å²) < 4.78 is 0. The Morgan fingerprint density at radius 2 is 1.88 bits per heavy atom. The van der Waals surface area contributed by atoms with Gasteiger partial charge >= 0.3 is 32.4 Å². The molecule has 7 radical (unpaired) electrons. The van der Waals surface area contributed by atoms with E-state index in [0.717, 1.165) is 12.8 Å². The van der Waals surface area contributed by atoms with Crippen LogP contribution in [0.15, 0.2) is 0 Å². The monoisotopic (exact) mass is 191 g/mol. The fourth-order valence-corrected chi connectivity index (χ4v) is 0.362. The van der Waals surface area contributed by atoms with E-state index < -0.39 is 0 Å². The third-order valence-corrected chi connectivity index (χ3v) is 0.762. The number of aliphatic hydroxyl groups excluding tert-OH is 1. The van der Waals surface area contributed by atoms with Crippen molar-refractivity contribution in [2.75, 3.05) is 6.61 Å². The molecule has 0 heterocycles. The first-order valence-corrected chi connectivity index (χ1v) is 6.69. The minimum Gasteiger partial charge on any atom is -0.396 e. The summed E-state index contributed by atoms with van der Waals surface area (Å²) >= 11 is 4.64. The molecule has 0 atom stereocenters. The van der Waals surface area contributed by atoms with Crippen LogP contribution in [0, 0.1) is 0 Å². The Balaban J connectivity index is 0. The second kappa shape index (κ2) is 15.7. The van der Waals surface area contributed by atoms with Crippen LogP contribution in [0.1, 0.15) is 26.2 Å². The minimum absolute atomic E-state index is 0.355. The Labute approximate surface area is 70.2 Å². The van der Waals surface area contributed by atoms with Crippen molar-refractivity contribution < 1.29 is 5.11 Å². The normalized spacial score (nSPS) is 7.50. The standard InChI is InChI=1S/C5H12O.BrH.Mg/c1-2-3-4-5-6;;/h6H,2-5H2,1H3;1H;/q;;+3/p-1. The molecular formula is C5H12BrMgO+2. The van der Waals surface area contributed by atoms with Crippen LogP contribution in [-0.2, 0) is 0 Å². The molecule has 0 bridgehead atoms. The molecule has 0 rings (SSSR count). The van der Waals surface area contributed by atoms with Crippen LogP contribution < -0.4 is 0 Å². The van der Waals surface area contributed by atoms with Crippen molar-refractivity contribution >= 4 is 32.4 Å². The molecule has 3 heteroatoms. The van der Waals surface area contributed by atoms with Gasteiger partial charge in [0, 0.05) is 6.61 Å². The fraction of sp³-hybridized carbons (Fsp3) is 1.00. The van der Waals surface area contributed by atoms with Gasteiger partial charge in [0.1, 0.15) is 0 Å². The average molecular weight is 192 g/mol. The zero-order valence-electron chi connectivity index (χ0n) is 5.36. The number of hydrogen-bond donors (Lipinski definition) is 1. The van der Waals surface area contributed by atoms with Crippen molar-refractivity contribution in [1.29, 1.82) is 0 Å². The van der Waals surface area contributed by atoms with Gasteiger partial charge in [-0.15, -0.1) is 0 Å². The van der Waals surface area contributed by atoms with Crippen molar-refractivity contribution in [2.24, 2.45) is 0 Å². The van der Waals surface area contributed by atoms with Gasteiger partial charge in [-0.05, 0) is 6.42 Å². The Hall–Kier alpha value is 1.21. The summed E-state index contributed by atoms with van der Waals surface area (Å²) in [5.41, 5.74) is 0. The van der Waals surface area contributed by atoms with Crippen LogP contribution in [-0.4, -0.2) is 31.3 Å². The van der Waals surface area contributed by atoms with Gasteiger partial charge in [-0.3, -0.25) is 0 Å². The van der Waals surface area contributed by atoms with E-state index in [0.29, 0.717) is 6.61 Å². The first-order valence-electron chi connectivity index (χ1n) is 2.79. The first kappa shape index (κ1) is 11.9. The second-order valence-corrected chi connectivity index (χ2v) is 1.43. The van der Waals surface area contributed by atoms with E-state index in [9.17, 15) is 0 Å². The number of aliphatic hydroxyl groups is 1. The van der Waals surface area contributed by atoms with E-state index in [1.807, 2.05) is 0 Å².